The number of rotatable bonds is 3. The Balaban J connectivity index is 0.000001000. The normalized spacial score (nSPS) is 8.82. The van der Waals surface area contributed by atoms with Gasteiger partial charge in [0, 0.05) is 6.54 Å². The van der Waals surface area contributed by atoms with Gasteiger partial charge in [0.25, 0.3) is 0 Å². The molecule has 1 aromatic rings. The van der Waals surface area contributed by atoms with Gasteiger partial charge >= 0.3 is 0 Å². The molecule has 0 bridgehead atoms. The quantitative estimate of drug-likeness (QED) is 0.725. The first-order valence-electron chi connectivity index (χ1n) is 3.31. The summed E-state index contributed by atoms with van der Waals surface area (Å²) >= 11 is 5.30. The Morgan fingerprint density at radius 3 is 2.36 bits per heavy atom. The van der Waals surface area contributed by atoms with Gasteiger partial charge in [-0.1, -0.05) is 30.3 Å². The van der Waals surface area contributed by atoms with E-state index in [9.17, 15) is 0 Å². The van der Waals surface area contributed by atoms with Crippen LogP contribution in [0.5, 0.6) is 0 Å². The molecule has 1 N–H and O–H groups in total. The van der Waals surface area contributed by atoms with Crippen LogP contribution in [0.25, 0.3) is 0 Å². The number of nitrogens with one attached hydrogen (secondary N) is 1. The van der Waals surface area contributed by atoms with E-state index in [1.807, 2.05) is 18.2 Å². The van der Waals surface area contributed by atoms with Crippen molar-refractivity contribution in [1.29, 1.82) is 0 Å². The summed E-state index contributed by atoms with van der Waals surface area (Å²) in [5.74, 6) is 0. The minimum atomic E-state index is 0. The van der Waals surface area contributed by atoms with Gasteiger partial charge in [0.1, 0.15) is 0 Å². The highest BCUT2D eigenvalue weighted by atomic mass is 35.5. The van der Waals surface area contributed by atoms with Gasteiger partial charge in [-0.2, -0.15) is 0 Å². The molecule has 62 valence electrons. The van der Waals surface area contributed by atoms with Gasteiger partial charge in [-0.25, -0.2) is 4.84 Å². The molecule has 0 radical (unpaired) electrons. The maximum atomic E-state index is 5.30. The lowest BCUT2D eigenvalue weighted by molar-refractivity contribution is 0.899. The number of hydrogen-bond acceptors (Lipinski definition) is 1. The van der Waals surface area contributed by atoms with Gasteiger partial charge in [0.15, 0.2) is 0 Å². The summed E-state index contributed by atoms with van der Waals surface area (Å²) in [6.45, 7) is 0.825. The SMILES string of the molecule is Cl.ClNCCc1ccccc1. The molecular weight excluding hydrogens is 181 g/mol. The summed E-state index contributed by atoms with van der Waals surface area (Å²) in [7, 11) is 0. The number of halogens is 2. The molecule has 0 aliphatic heterocycles. The Morgan fingerprint density at radius 1 is 1.18 bits per heavy atom. The first kappa shape index (κ1) is 10.8. The van der Waals surface area contributed by atoms with Gasteiger partial charge in [-0.05, 0) is 23.8 Å². The van der Waals surface area contributed by atoms with Crippen molar-refractivity contribution in [2.24, 2.45) is 0 Å². The molecule has 0 spiro atoms. The molecule has 1 nitrogen and oxygen atoms in total. The fourth-order valence-electron chi connectivity index (χ4n) is 0.836. The van der Waals surface area contributed by atoms with E-state index >= 15 is 0 Å². The van der Waals surface area contributed by atoms with Crippen LogP contribution in [0, 0.1) is 0 Å². The lowest BCUT2D eigenvalue weighted by Crippen LogP contribution is -2.03. The highest BCUT2D eigenvalue weighted by Gasteiger charge is 1.87. The van der Waals surface area contributed by atoms with Crippen molar-refractivity contribution < 1.29 is 0 Å². The zero-order chi connectivity index (χ0) is 7.23. The van der Waals surface area contributed by atoms with Crippen molar-refractivity contribution in [3.63, 3.8) is 0 Å². The molecular formula is C8H11Cl2N. The Kier molecular flexibility index (Phi) is 6.33. The summed E-state index contributed by atoms with van der Waals surface area (Å²) in [5, 5.41) is 0. The van der Waals surface area contributed by atoms with E-state index in [4.69, 9.17) is 11.8 Å². The summed E-state index contributed by atoms with van der Waals surface area (Å²) in [6, 6.07) is 10.3. The zero-order valence-electron chi connectivity index (χ0n) is 6.09. The van der Waals surface area contributed by atoms with E-state index in [0.717, 1.165) is 13.0 Å². The molecule has 0 amide bonds. The molecule has 0 aliphatic rings. The van der Waals surface area contributed by atoms with Crippen molar-refractivity contribution in [1.82, 2.24) is 4.84 Å². The predicted octanol–water partition coefficient (Wildman–Crippen LogP) is 2.39. The Hall–Kier alpha value is -0.240. The van der Waals surface area contributed by atoms with Crippen LogP contribution in [-0.2, 0) is 6.42 Å². The third-order valence-corrected chi connectivity index (χ3v) is 1.54. The van der Waals surface area contributed by atoms with Crippen LogP contribution in [0.1, 0.15) is 5.56 Å². The average molecular weight is 192 g/mol. The summed E-state index contributed by atoms with van der Waals surface area (Å²) in [4.78, 5) is 2.59. The highest BCUT2D eigenvalue weighted by molar-refractivity contribution is 6.13. The van der Waals surface area contributed by atoms with Crippen molar-refractivity contribution in [2.75, 3.05) is 6.54 Å². The van der Waals surface area contributed by atoms with Gasteiger partial charge < -0.3 is 0 Å². The van der Waals surface area contributed by atoms with E-state index in [0.29, 0.717) is 0 Å². The molecule has 0 aromatic heterocycles. The minimum absolute atomic E-state index is 0. The van der Waals surface area contributed by atoms with Crippen LogP contribution < -0.4 is 4.84 Å². The number of hydrogen-bond donors (Lipinski definition) is 1. The third kappa shape index (κ3) is 4.25. The van der Waals surface area contributed by atoms with Gasteiger partial charge in [-0.15, -0.1) is 12.4 Å². The Labute approximate surface area is 78.3 Å². The first-order valence-corrected chi connectivity index (χ1v) is 3.68. The highest BCUT2D eigenvalue weighted by Crippen LogP contribution is 1.97. The zero-order valence-corrected chi connectivity index (χ0v) is 7.66. The molecule has 0 atom stereocenters. The molecule has 11 heavy (non-hydrogen) atoms. The van der Waals surface area contributed by atoms with Crippen molar-refractivity contribution in [2.45, 2.75) is 6.42 Å². The second kappa shape index (κ2) is 6.47. The Morgan fingerprint density at radius 2 is 1.82 bits per heavy atom. The fourth-order valence-corrected chi connectivity index (χ4v) is 0.931. The molecule has 0 heterocycles. The summed E-state index contributed by atoms with van der Waals surface area (Å²) in [6.07, 6.45) is 0.990. The largest absolute Gasteiger partial charge is 0.233 e. The van der Waals surface area contributed by atoms with Crippen LogP contribution in [0.15, 0.2) is 30.3 Å². The van der Waals surface area contributed by atoms with E-state index in [-0.39, 0.29) is 12.4 Å². The van der Waals surface area contributed by atoms with Crippen LogP contribution >= 0.6 is 24.2 Å². The molecule has 0 saturated carbocycles. The van der Waals surface area contributed by atoms with E-state index < -0.39 is 0 Å². The minimum Gasteiger partial charge on any atom is -0.233 e. The second-order valence-electron chi connectivity index (χ2n) is 2.12. The fraction of sp³-hybridized carbons (Fsp3) is 0.250. The summed E-state index contributed by atoms with van der Waals surface area (Å²) in [5.41, 5.74) is 1.32. The average Bonchev–Trinajstić information content (AvgIpc) is 2.03. The van der Waals surface area contributed by atoms with Gasteiger partial charge in [-0.3, -0.25) is 0 Å². The molecule has 0 fully saturated rings. The van der Waals surface area contributed by atoms with Crippen molar-refractivity contribution in [3.05, 3.63) is 35.9 Å². The van der Waals surface area contributed by atoms with E-state index in [2.05, 4.69) is 17.0 Å². The van der Waals surface area contributed by atoms with E-state index in [1.54, 1.807) is 0 Å². The lowest BCUT2D eigenvalue weighted by Gasteiger charge is -1.96. The molecule has 3 heteroatoms. The predicted molar refractivity (Wildman–Crippen MR) is 51.2 cm³/mol. The first-order chi connectivity index (χ1) is 4.93. The van der Waals surface area contributed by atoms with Crippen LogP contribution in [-0.4, -0.2) is 6.54 Å². The van der Waals surface area contributed by atoms with Gasteiger partial charge in [0.2, 0.25) is 0 Å². The summed E-state index contributed by atoms with van der Waals surface area (Å²) < 4.78 is 0. The molecule has 0 aliphatic carbocycles. The molecule has 0 saturated heterocycles. The standard InChI is InChI=1S/C8H10ClN.ClH/c9-10-7-6-8-4-2-1-3-5-8;/h1-5,10H,6-7H2;1H. The maximum absolute atomic E-state index is 5.30. The second-order valence-corrected chi connectivity index (χ2v) is 2.39. The lowest BCUT2D eigenvalue weighted by atomic mass is 10.2. The van der Waals surface area contributed by atoms with E-state index in [1.165, 1.54) is 5.56 Å². The van der Waals surface area contributed by atoms with Crippen LogP contribution in [0.2, 0.25) is 0 Å². The third-order valence-electron chi connectivity index (χ3n) is 1.35. The molecule has 1 aromatic carbocycles. The van der Waals surface area contributed by atoms with Crippen LogP contribution in [0.4, 0.5) is 0 Å². The smallest absolute Gasteiger partial charge is 0.0148 e. The maximum Gasteiger partial charge on any atom is 0.0148 e. The number of benzene rings is 1. The van der Waals surface area contributed by atoms with Crippen LogP contribution in [0.3, 0.4) is 0 Å². The Bertz CT molecular complexity index is 177. The molecule has 0 unspecified atom stereocenters. The van der Waals surface area contributed by atoms with Crippen molar-refractivity contribution in [3.8, 4) is 0 Å². The van der Waals surface area contributed by atoms with Gasteiger partial charge in [0.05, 0.1) is 0 Å². The topological polar surface area (TPSA) is 12.0 Å². The molecule has 1 rings (SSSR count). The van der Waals surface area contributed by atoms with Crippen molar-refractivity contribution >= 4 is 24.2 Å². The monoisotopic (exact) mass is 191 g/mol.